The molecule has 22 heavy (non-hydrogen) atoms. The number of hydrogen-bond acceptors (Lipinski definition) is 2. The summed E-state index contributed by atoms with van der Waals surface area (Å²) in [6, 6.07) is -0.916. The quantitative estimate of drug-likeness (QED) is 0.313. The van der Waals surface area contributed by atoms with Crippen molar-refractivity contribution < 1.29 is 13.6 Å². The molecule has 2 unspecified atom stereocenters. The van der Waals surface area contributed by atoms with Gasteiger partial charge < -0.3 is 15.6 Å². The van der Waals surface area contributed by atoms with Crippen molar-refractivity contribution in [2.75, 3.05) is 5.75 Å². The average Bonchev–Trinajstić information content (AvgIpc) is 2.43. The summed E-state index contributed by atoms with van der Waals surface area (Å²) in [5, 5.41) is 2.53. The van der Waals surface area contributed by atoms with Gasteiger partial charge in [0.2, 0.25) is 0 Å². The smallest absolute Gasteiger partial charge is 0.312 e. The largest absolute Gasteiger partial charge is 0.352 e. The van der Waals surface area contributed by atoms with E-state index >= 15 is 0 Å². The Morgan fingerprint density at radius 2 is 1.45 bits per heavy atom. The van der Waals surface area contributed by atoms with E-state index in [9.17, 15) is 9.00 Å². The first-order chi connectivity index (χ1) is 10.6. The van der Waals surface area contributed by atoms with Gasteiger partial charge in [0.25, 0.3) is 0 Å². The fraction of sp³-hybridized carbons (Fsp3) is 0.938. The number of primary amides is 1. The van der Waals surface area contributed by atoms with E-state index in [2.05, 4.69) is 12.2 Å². The Morgan fingerprint density at radius 1 is 1.00 bits per heavy atom. The van der Waals surface area contributed by atoms with E-state index in [4.69, 9.17) is 10.3 Å². The van der Waals surface area contributed by atoms with Gasteiger partial charge in [0, 0.05) is 6.04 Å². The van der Waals surface area contributed by atoms with Gasteiger partial charge in [0.1, 0.15) is 0 Å². The molecule has 5 nitrogen and oxygen atoms in total. The van der Waals surface area contributed by atoms with Crippen LogP contribution in [0.15, 0.2) is 0 Å². The fourth-order valence-corrected chi connectivity index (χ4v) is 3.22. The Balaban J connectivity index is 3.45. The van der Waals surface area contributed by atoms with Crippen molar-refractivity contribution >= 4 is 17.1 Å². The predicted molar refractivity (Wildman–Crippen MR) is 93.2 cm³/mol. The van der Waals surface area contributed by atoms with Crippen LogP contribution in [0.3, 0.4) is 0 Å². The summed E-state index contributed by atoms with van der Waals surface area (Å²) in [6.45, 7) is 2.24. The molecule has 0 spiro atoms. The SMILES string of the molecule is CCCCCCCCCCCCCC(CS(=O)O)NC(N)=O. The highest BCUT2D eigenvalue weighted by Gasteiger charge is 2.12. The number of rotatable bonds is 15. The third-order valence-electron chi connectivity index (χ3n) is 3.85. The van der Waals surface area contributed by atoms with E-state index in [-0.39, 0.29) is 11.8 Å². The number of carbonyl (C=O) groups excluding carboxylic acids is 1. The molecule has 2 amide bonds. The Kier molecular flexibility index (Phi) is 14.9. The molecule has 0 fully saturated rings. The first-order valence-corrected chi connectivity index (χ1v) is 9.97. The average molecular weight is 335 g/mol. The van der Waals surface area contributed by atoms with E-state index in [1.54, 1.807) is 0 Å². The molecule has 0 aromatic carbocycles. The van der Waals surface area contributed by atoms with Crippen LogP contribution in [0.2, 0.25) is 0 Å². The molecular weight excluding hydrogens is 300 g/mol. The fourth-order valence-electron chi connectivity index (χ4n) is 2.63. The Labute approximate surface area is 138 Å². The van der Waals surface area contributed by atoms with Crippen LogP contribution in [-0.2, 0) is 11.1 Å². The number of carbonyl (C=O) groups is 1. The predicted octanol–water partition coefficient (Wildman–Crippen LogP) is 3.95. The minimum absolute atomic E-state index is 0.0562. The third kappa shape index (κ3) is 15.8. The van der Waals surface area contributed by atoms with Crippen molar-refractivity contribution in [1.82, 2.24) is 5.32 Å². The maximum atomic E-state index is 10.8. The zero-order valence-electron chi connectivity index (χ0n) is 14.0. The van der Waals surface area contributed by atoms with Crippen molar-refractivity contribution in [1.29, 1.82) is 0 Å². The zero-order chi connectivity index (χ0) is 16.6. The van der Waals surface area contributed by atoms with Crippen molar-refractivity contribution in [3.8, 4) is 0 Å². The van der Waals surface area contributed by atoms with Crippen LogP contribution in [-0.4, -0.2) is 26.6 Å². The van der Waals surface area contributed by atoms with Gasteiger partial charge in [-0.15, -0.1) is 0 Å². The van der Waals surface area contributed by atoms with Crippen LogP contribution < -0.4 is 11.1 Å². The summed E-state index contributed by atoms with van der Waals surface area (Å²) in [4.78, 5) is 10.8. The first kappa shape index (κ1) is 21.4. The van der Waals surface area contributed by atoms with Gasteiger partial charge in [-0.1, -0.05) is 77.6 Å². The normalized spacial score (nSPS) is 13.7. The number of nitrogens with one attached hydrogen (secondary N) is 1. The van der Waals surface area contributed by atoms with E-state index in [1.165, 1.54) is 57.8 Å². The van der Waals surface area contributed by atoms with E-state index in [0.717, 1.165) is 12.8 Å². The second-order valence-electron chi connectivity index (χ2n) is 6.02. The molecule has 0 bridgehead atoms. The molecule has 0 heterocycles. The standard InChI is InChI=1S/C16H34N2O3S/c1-2-3-4-5-6-7-8-9-10-11-12-13-15(14-22(20)21)18-16(17)19/h15H,2-14H2,1H3,(H,20,21)(H3,17,18,19). The molecule has 132 valence electrons. The zero-order valence-corrected chi connectivity index (χ0v) is 14.8. The van der Waals surface area contributed by atoms with Crippen molar-refractivity contribution in [3.63, 3.8) is 0 Å². The summed E-state index contributed by atoms with van der Waals surface area (Å²) in [6.07, 6.45) is 14.6. The summed E-state index contributed by atoms with van der Waals surface area (Å²) < 4.78 is 19.7. The summed E-state index contributed by atoms with van der Waals surface area (Å²) in [5.41, 5.74) is 5.07. The number of amides is 2. The molecule has 0 radical (unpaired) electrons. The summed E-state index contributed by atoms with van der Waals surface area (Å²) in [5.74, 6) is 0.0562. The topological polar surface area (TPSA) is 92.4 Å². The Hall–Kier alpha value is -0.620. The molecule has 0 aliphatic heterocycles. The van der Waals surface area contributed by atoms with Crippen LogP contribution in [0.1, 0.15) is 84.0 Å². The highest BCUT2D eigenvalue weighted by Crippen LogP contribution is 2.12. The molecular formula is C16H34N2O3S. The molecule has 0 aliphatic rings. The second kappa shape index (κ2) is 15.3. The van der Waals surface area contributed by atoms with Gasteiger partial charge in [-0.25, -0.2) is 9.00 Å². The lowest BCUT2D eigenvalue weighted by Gasteiger charge is -2.15. The monoisotopic (exact) mass is 334 g/mol. The van der Waals surface area contributed by atoms with Gasteiger partial charge in [-0.05, 0) is 6.42 Å². The van der Waals surface area contributed by atoms with Gasteiger partial charge in [0.15, 0.2) is 11.1 Å². The molecule has 4 N–H and O–H groups in total. The van der Waals surface area contributed by atoms with Crippen LogP contribution in [0, 0.1) is 0 Å². The molecule has 0 rings (SSSR count). The molecule has 0 aromatic rings. The van der Waals surface area contributed by atoms with E-state index in [0.29, 0.717) is 6.42 Å². The highest BCUT2D eigenvalue weighted by atomic mass is 32.2. The Morgan fingerprint density at radius 3 is 1.86 bits per heavy atom. The third-order valence-corrected chi connectivity index (χ3v) is 4.53. The Bertz CT molecular complexity index is 285. The number of unbranched alkanes of at least 4 members (excludes halogenated alkanes) is 10. The molecule has 6 heteroatoms. The van der Waals surface area contributed by atoms with Gasteiger partial charge in [0.05, 0.1) is 5.75 Å². The van der Waals surface area contributed by atoms with Crippen LogP contribution in [0.25, 0.3) is 0 Å². The lowest BCUT2D eigenvalue weighted by atomic mass is 10.0. The van der Waals surface area contributed by atoms with Gasteiger partial charge in [-0.2, -0.15) is 0 Å². The molecule has 2 atom stereocenters. The second-order valence-corrected chi connectivity index (χ2v) is 6.99. The summed E-state index contributed by atoms with van der Waals surface area (Å²) >= 11 is -1.90. The number of urea groups is 1. The maximum Gasteiger partial charge on any atom is 0.312 e. The van der Waals surface area contributed by atoms with Gasteiger partial charge in [-0.3, -0.25) is 0 Å². The van der Waals surface area contributed by atoms with Crippen molar-refractivity contribution in [2.24, 2.45) is 5.73 Å². The lowest BCUT2D eigenvalue weighted by molar-refractivity contribution is 0.245. The molecule has 0 aliphatic carbocycles. The van der Waals surface area contributed by atoms with Gasteiger partial charge >= 0.3 is 6.03 Å². The molecule has 0 saturated heterocycles. The minimum Gasteiger partial charge on any atom is -0.352 e. The van der Waals surface area contributed by atoms with E-state index < -0.39 is 17.1 Å². The number of nitrogens with two attached hydrogens (primary N) is 1. The van der Waals surface area contributed by atoms with Crippen molar-refractivity contribution in [3.05, 3.63) is 0 Å². The molecule has 0 saturated carbocycles. The lowest BCUT2D eigenvalue weighted by Crippen LogP contribution is -2.41. The van der Waals surface area contributed by atoms with Crippen LogP contribution in [0.5, 0.6) is 0 Å². The molecule has 0 aromatic heterocycles. The summed E-state index contributed by atoms with van der Waals surface area (Å²) in [7, 11) is 0. The highest BCUT2D eigenvalue weighted by molar-refractivity contribution is 7.79. The first-order valence-electron chi connectivity index (χ1n) is 8.69. The maximum absolute atomic E-state index is 10.8. The number of hydrogen-bond donors (Lipinski definition) is 3. The van der Waals surface area contributed by atoms with E-state index in [1.807, 2.05) is 0 Å². The van der Waals surface area contributed by atoms with Crippen LogP contribution in [0.4, 0.5) is 4.79 Å². The minimum atomic E-state index is -1.90. The van der Waals surface area contributed by atoms with Crippen molar-refractivity contribution in [2.45, 2.75) is 90.0 Å². The van der Waals surface area contributed by atoms with Crippen LogP contribution >= 0.6 is 0 Å².